The standard InChI is InChI=1S/C31H39N3O6Si/c1-5-15-34-25-14-13-22(32-29(37)21-10-7-6-8-11-21)17-24(25)31(30(34)38)20(2)28(41(3,4)39)26(40-31)18-27(36)33-16-9-12-23(33)19-35/h5-8,10-11,13-14,17,20,23,26,28,35,39H,1,9,12,15-16,18-19H2,2-4H3,(H,32,37)/t20-,23+,26+,28-,31+/m1/s1. The summed E-state index contributed by atoms with van der Waals surface area (Å²) in [6.07, 6.45) is 2.55. The lowest BCUT2D eigenvalue weighted by Crippen LogP contribution is -2.46. The molecule has 2 saturated heterocycles. The molecule has 0 radical (unpaired) electrons. The molecule has 3 aliphatic rings. The van der Waals surface area contributed by atoms with Gasteiger partial charge in [0.15, 0.2) is 13.9 Å². The number of nitrogens with zero attached hydrogens (tertiary/aromatic N) is 2. The summed E-state index contributed by atoms with van der Waals surface area (Å²) in [6, 6.07) is 14.0. The number of rotatable bonds is 8. The highest BCUT2D eigenvalue weighted by Crippen LogP contribution is 2.60. The molecule has 2 fully saturated rings. The number of carbonyl (C=O) groups is 3. The van der Waals surface area contributed by atoms with Gasteiger partial charge in [-0.15, -0.1) is 6.58 Å². The van der Waals surface area contributed by atoms with Crippen molar-refractivity contribution in [2.24, 2.45) is 5.92 Å². The van der Waals surface area contributed by atoms with Gasteiger partial charge >= 0.3 is 0 Å². The van der Waals surface area contributed by atoms with Crippen molar-refractivity contribution in [3.63, 3.8) is 0 Å². The number of ether oxygens (including phenoxy) is 1. The average molecular weight is 578 g/mol. The minimum Gasteiger partial charge on any atom is -0.432 e. The number of anilines is 2. The highest BCUT2D eigenvalue weighted by atomic mass is 28.4. The molecular weight excluding hydrogens is 538 g/mol. The summed E-state index contributed by atoms with van der Waals surface area (Å²) in [4.78, 5) is 55.5. The first kappa shape index (κ1) is 29.2. The number of aliphatic hydroxyl groups is 1. The Morgan fingerprint density at radius 2 is 1.95 bits per heavy atom. The third-order valence-electron chi connectivity index (χ3n) is 8.87. The lowest BCUT2D eigenvalue weighted by atomic mass is 9.82. The van der Waals surface area contributed by atoms with Crippen LogP contribution in [0, 0.1) is 5.92 Å². The molecule has 41 heavy (non-hydrogen) atoms. The number of hydrogen-bond acceptors (Lipinski definition) is 6. The molecule has 0 saturated carbocycles. The van der Waals surface area contributed by atoms with Crippen LogP contribution in [-0.4, -0.2) is 72.7 Å². The molecule has 3 heterocycles. The number of amides is 3. The van der Waals surface area contributed by atoms with Gasteiger partial charge < -0.3 is 29.8 Å². The van der Waals surface area contributed by atoms with Crippen LogP contribution in [0.2, 0.25) is 18.6 Å². The summed E-state index contributed by atoms with van der Waals surface area (Å²) in [7, 11) is -2.96. The van der Waals surface area contributed by atoms with E-state index in [1.165, 1.54) is 0 Å². The van der Waals surface area contributed by atoms with Crippen LogP contribution in [-0.2, 0) is 19.9 Å². The molecule has 10 heteroatoms. The second-order valence-electron chi connectivity index (χ2n) is 11.9. The van der Waals surface area contributed by atoms with Crippen molar-refractivity contribution in [2.45, 2.75) is 62.6 Å². The zero-order valence-corrected chi connectivity index (χ0v) is 24.9. The molecule has 0 aliphatic carbocycles. The Balaban J connectivity index is 1.53. The minimum absolute atomic E-state index is 0.0127. The van der Waals surface area contributed by atoms with Crippen LogP contribution < -0.4 is 10.2 Å². The fourth-order valence-electron chi connectivity index (χ4n) is 7.10. The molecule has 3 amide bonds. The molecule has 5 rings (SSSR count). The fraction of sp³-hybridized carbons (Fsp3) is 0.452. The normalized spacial score (nSPS) is 27.4. The molecule has 218 valence electrons. The smallest absolute Gasteiger partial charge is 0.264 e. The van der Waals surface area contributed by atoms with Crippen LogP contribution in [0.25, 0.3) is 0 Å². The van der Waals surface area contributed by atoms with Crippen LogP contribution in [0.5, 0.6) is 0 Å². The quantitative estimate of drug-likeness (QED) is 0.326. The molecule has 9 nitrogen and oxygen atoms in total. The second-order valence-corrected chi connectivity index (χ2v) is 15.9. The molecule has 3 N–H and O–H groups in total. The van der Waals surface area contributed by atoms with Crippen molar-refractivity contribution in [3.8, 4) is 0 Å². The first-order valence-electron chi connectivity index (χ1n) is 14.3. The molecule has 2 aromatic rings. The van der Waals surface area contributed by atoms with Gasteiger partial charge in [-0.05, 0) is 56.3 Å². The molecular formula is C31H39N3O6Si. The number of hydrogen-bond donors (Lipinski definition) is 3. The van der Waals surface area contributed by atoms with Crippen LogP contribution >= 0.6 is 0 Å². The third-order valence-corrected chi connectivity index (χ3v) is 11.4. The van der Waals surface area contributed by atoms with Crippen molar-refractivity contribution in [3.05, 3.63) is 72.3 Å². The zero-order chi connectivity index (χ0) is 29.5. The summed E-state index contributed by atoms with van der Waals surface area (Å²) in [5.74, 6) is -1.13. The van der Waals surface area contributed by atoms with E-state index in [1.54, 1.807) is 58.3 Å². The van der Waals surface area contributed by atoms with Crippen molar-refractivity contribution in [1.82, 2.24) is 4.90 Å². The highest BCUT2D eigenvalue weighted by molar-refractivity contribution is 6.71. The van der Waals surface area contributed by atoms with E-state index in [1.807, 2.05) is 26.1 Å². The topological polar surface area (TPSA) is 119 Å². The number of carbonyl (C=O) groups excluding carboxylic acids is 3. The Labute approximate surface area is 241 Å². The summed E-state index contributed by atoms with van der Waals surface area (Å²) in [6.45, 7) is 10.1. The number of fused-ring (bicyclic) bond motifs is 2. The molecule has 2 aromatic carbocycles. The van der Waals surface area contributed by atoms with Gasteiger partial charge in [-0.25, -0.2) is 0 Å². The van der Waals surface area contributed by atoms with Gasteiger partial charge in [0, 0.05) is 41.4 Å². The number of likely N-dealkylation sites (tertiary alicyclic amines) is 1. The highest BCUT2D eigenvalue weighted by Gasteiger charge is 2.66. The predicted molar refractivity (Wildman–Crippen MR) is 159 cm³/mol. The minimum atomic E-state index is -2.96. The van der Waals surface area contributed by atoms with Gasteiger partial charge in [-0.3, -0.25) is 14.4 Å². The molecule has 0 bridgehead atoms. The van der Waals surface area contributed by atoms with Gasteiger partial charge in [0.25, 0.3) is 11.8 Å². The maximum Gasteiger partial charge on any atom is 0.264 e. The van der Waals surface area contributed by atoms with Crippen LogP contribution in [0.4, 0.5) is 11.4 Å². The lowest BCUT2D eigenvalue weighted by molar-refractivity contribution is -0.149. The second kappa shape index (κ2) is 11.2. The maximum atomic E-state index is 14.3. The van der Waals surface area contributed by atoms with E-state index in [9.17, 15) is 24.3 Å². The Morgan fingerprint density at radius 1 is 1.22 bits per heavy atom. The monoisotopic (exact) mass is 577 g/mol. The van der Waals surface area contributed by atoms with Crippen molar-refractivity contribution >= 4 is 37.4 Å². The summed E-state index contributed by atoms with van der Waals surface area (Å²) < 4.78 is 6.75. The Kier molecular flexibility index (Phi) is 7.95. The van der Waals surface area contributed by atoms with Crippen LogP contribution in [0.15, 0.2) is 61.2 Å². The van der Waals surface area contributed by atoms with E-state index >= 15 is 0 Å². The summed E-state index contributed by atoms with van der Waals surface area (Å²) >= 11 is 0. The fourth-order valence-corrected chi connectivity index (χ4v) is 9.66. The van der Waals surface area contributed by atoms with E-state index in [4.69, 9.17) is 4.74 Å². The average Bonchev–Trinajstić information content (AvgIpc) is 3.60. The number of aliphatic hydroxyl groups excluding tert-OH is 1. The molecule has 3 aliphatic heterocycles. The van der Waals surface area contributed by atoms with Crippen molar-refractivity contribution in [2.75, 3.05) is 29.9 Å². The largest absolute Gasteiger partial charge is 0.432 e. The Morgan fingerprint density at radius 3 is 2.61 bits per heavy atom. The predicted octanol–water partition coefficient (Wildman–Crippen LogP) is 3.64. The molecule has 1 spiro atoms. The molecule has 5 atom stereocenters. The summed E-state index contributed by atoms with van der Waals surface area (Å²) in [5.41, 5.74) is 0.436. The van der Waals surface area contributed by atoms with Crippen molar-refractivity contribution in [1.29, 1.82) is 0 Å². The lowest BCUT2D eigenvalue weighted by Gasteiger charge is -2.32. The zero-order valence-electron chi connectivity index (χ0n) is 23.9. The van der Waals surface area contributed by atoms with Gasteiger partial charge in [0.2, 0.25) is 5.91 Å². The van der Waals surface area contributed by atoms with Crippen molar-refractivity contribution < 1.29 is 29.0 Å². The maximum absolute atomic E-state index is 14.3. The first-order valence-corrected chi connectivity index (χ1v) is 17.3. The Bertz CT molecular complexity index is 1350. The van der Waals surface area contributed by atoms with E-state index in [0.717, 1.165) is 12.8 Å². The van der Waals surface area contributed by atoms with E-state index in [0.29, 0.717) is 29.0 Å². The van der Waals surface area contributed by atoms with Crippen LogP contribution in [0.3, 0.4) is 0 Å². The summed E-state index contributed by atoms with van der Waals surface area (Å²) in [5, 5.41) is 12.7. The van der Waals surface area contributed by atoms with E-state index in [-0.39, 0.29) is 43.3 Å². The van der Waals surface area contributed by atoms with Gasteiger partial charge in [0.1, 0.15) is 0 Å². The number of benzene rings is 2. The third kappa shape index (κ3) is 5.03. The van der Waals surface area contributed by atoms with Gasteiger partial charge in [-0.2, -0.15) is 0 Å². The van der Waals surface area contributed by atoms with E-state index in [2.05, 4.69) is 11.9 Å². The number of nitrogens with one attached hydrogen (secondary N) is 1. The molecule has 0 unspecified atom stereocenters. The van der Waals surface area contributed by atoms with E-state index < -0.39 is 31.5 Å². The van der Waals surface area contributed by atoms with Crippen LogP contribution in [0.1, 0.15) is 42.1 Å². The van der Waals surface area contributed by atoms with Gasteiger partial charge in [-0.1, -0.05) is 31.2 Å². The SMILES string of the molecule is C=CCN1C(=O)[C@@]2(O[C@@H](CC(=O)N3CCC[C@H]3CO)[C@H]([Si](C)(C)O)[C@H]2C)c2cc(NC(=O)c3ccccc3)ccc21. The van der Waals surface area contributed by atoms with Gasteiger partial charge in [0.05, 0.1) is 30.9 Å². The first-order chi connectivity index (χ1) is 19.5. The molecule has 0 aromatic heterocycles. The Hall–Kier alpha value is -3.31.